The number of ether oxygens (including phenoxy) is 1. The molecule has 0 saturated carbocycles. The minimum Gasteiger partial charge on any atom is -0.461 e. The predicted molar refractivity (Wildman–Crippen MR) is 161 cm³/mol. The van der Waals surface area contributed by atoms with Crippen molar-refractivity contribution in [3.8, 4) is 0 Å². The van der Waals surface area contributed by atoms with Gasteiger partial charge in [-0.15, -0.1) is 0 Å². The lowest BCUT2D eigenvalue weighted by Gasteiger charge is -2.19. The molecule has 0 aliphatic carbocycles. The van der Waals surface area contributed by atoms with Crippen LogP contribution >= 0.6 is 0 Å². The van der Waals surface area contributed by atoms with Crippen LogP contribution in [0.15, 0.2) is 36.4 Å². The third-order valence-electron chi connectivity index (χ3n) is 5.74. The summed E-state index contributed by atoms with van der Waals surface area (Å²) in [4.78, 5) is 93.2. The third-order valence-corrected chi connectivity index (χ3v) is 5.74. The van der Waals surface area contributed by atoms with E-state index in [9.17, 15) is 38.4 Å². The topological polar surface area (TPSA) is 261 Å². The summed E-state index contributed by atoms with van der Waals surface area (Å²) in [6.45, 7) is 3.66. The zero-order chi connectivity index (χ0) is 33.8. The number of hydrogen-bond donors (Lipinski definition) is 7. The Morgan fingerprint density at radius 2 is 1.47 bits per heavy atom. The van der Waals surface area contributed by atoms with Gasteiger partial charge in [-0.25, -0.2) is 9.59 Å². The molecule has 2 rings (SSSR count). The maximum atomic E-state index is 12.7. The van der Waals surface area contributed by atoms with Crippen molar-refractivity contribution in [1.82, 2.24) is 26.2 Å². The van der Waals surface area contributed by atoms with Crippen molar-refractivity contribution in [2.75, 3.05) is 31.5 Å². The number of imide groups is 1. The Labute approximate surface area is 259 Å². The molecule has 1 unspecified atom stereocenters. The molecule has 1 aliphatic rings. The number of carbonyl (C=O) groups excluding carboxylic acids is 8. The summed E-state index contributed by atoms with van der Waals surface area (Å²) in [5.74, 6) is -3.21. The zero-order valence-electron chi connectivity index (χ0n) is 25.2. The molecule has 9 amide bonds. The van der Waals surface area contributed by atoms with E-state index in [0.29, 0.717) is 18.7 Å². The molecule has 9 N–H and O–H groups in total. The third kappa shape index (κ3) is 16.7. The molecule has 0 bridgehead atoms. The predicted octanol–water partition coefficient (Wildman–Crippen LogP) is -0.882. The molecule has 246 valence electrons. The summed E-state index contributed by atoms with van der Waals surface area (Å²) >= 11 is 0. The summed E-state index contributed by atoms with van der Waals surface area (Å²) in [5, 5.41) is 12.4. The van der Waals surface area contributed by atoms with Crippen LogP contribution in [0, 0.1) is 0 Å². The van der Waals surface area contributed by atoms with Gasteiger partial charge in [0.05, 0.1) is 6.54 Å². The normalized spacial score (nSPS) is 12.3. The van der Waals surface area contributed by atoms with Crippen LogP contribution < -0.4 is 38.1 Å². The number of nitrogens with two attached hydrogens (primary N) is 2. The minimum absolute atomic E-state index is 0.100. The lowest BCUT2D eigenvalue weighted by molar-refractivity contribution is -0.142. The van der Waals surface area contributed by atoms with Gasteiger partial charge in [0.15, 0.2) is 0 Å². The number of anilines is 1. The first-order valence-corrected chi connectivity index (χ1v) is 14.0. The van der Waals surface area contributed by atoms with Crippen LogP contribution in [0.5, 0.6) is 0 Å². The molecule has 1 atom stereocenters. The van der Waals surface area contributed by atoms with Crippen molar-refractivity contribution in [1.29, 1.82) is 0 Å². The Morgan fingerprint density at radius 1 is 0.867 bits per heavy atom. The van der Waals surface area contributed by atoms with E-state index in [1.54, 1.807) is 24.3 Å². The molecule has 45 heavy (non-hydrogen) atoms. The summed E-state index contributed by atoms with van der Waals surface area (Å²) < 4.78 is 4.90. The maximum Gasteiger partial charge on any atom is 0.312 e. The number of amides is 9. The highest BCUT2D eigenvalue weighted by Crippen LogP contribution is 2.10. The van der Waals surface area contributed by atoms with E-state index in [2.05, 4.69) is 26.6 Å². The molecular weight excluding hydrogens is 592 g/mol. The van der Waals surface area contributed by atoms with Crippen LogP contribution in [0.25, 0.3) is 0 Å². The average Bonchev–Trinajstić information content (AvgIpc) is 3.31. The molecular formula is C28H40N8O9. The largest absolute Gasteiger partial charge is 0.461 e. The molecule has 0 saturated heterocycles. The molecule has 1 aliphatic heterocycles. The molecule has 0 spiro atoms. The molecule has 1 heterocycles. The summed E-state index contributed by atoms with van der Waals surface area (Å²) in [7, 11) is 0. The standard InChI is InChI=1S/C24H30N6O8.C4H10N2O/c1-15(31)38-14-16-4-6-17(7-5-16)28-20(33)13-27-23(36)18(3-2-11-26-24(25)37)29-19(32)10-12-30-21(34)8-9-22(30)35;1-2-3-6-4(5)7/h4-9,18H,2-3,10-14H2,1H3,(H,27,36)(H,28,33)(H,29,32)(H3,25,26,37);2-3H2,1H3,(H3,5,6,7). The van der Waals surface area contributed by atoms with Gasteiger partial charge >= 0.3 is 18.0 Å². The summed E-state index contributed by atoms with van der Waals surface area (Å²) in [5.41, 5.74) is 10.9. The van der Waals surface area contributed by atoms with Gasteiger partial charge in [0, 0.05) is 50.8 Å². The van der Waals surface area contributed by atoms with Gasteiger partial charge in [-0.3, -0.25) is 33.7 Å². The van der Waals surface area contributed by atoms with Crippen molar-refractivity contribution in [2.45, 2.75) is 52.2 Å². The highest BCUT2D eigenvalue weighted by Gasteiger charge is 2.25. The van der Waals surface area contributed by atoms with Crippen LogP contribution in [-0.4, -0.2) is 84.7 Å². The van der Waals surface area contributed by atoms with Crippen molar-refractivity contribution in [3.63, 3.8) is 0 Å². The van der Waals surface area contributed by atoms with Crippen LogP contribution in [0.1, 0.15) is 45.1 Å². The maximum absolute atomic E-state index is 12.7. The molecule has 0 radical (unpaired) electrons. The number of benzene rings is 1. The van der Waals surface area contributed by atoms with Crippen LogP contribution in [0.3, 0.4) is 0 Å². The first kappa shape index (κ1) is 37.5. The summed E-state index contributed by atoms with van der Waals surface area (Å²) in [6, 6.07) is 4.33. The number of nitrogens with one attached hydrogen (secondary N) is 5. The van der Waals surface area contributed by atoms with Gasteiger partial charge in [-0.1, -0.05) is 19.1 Å². The smallest absolute Gasteiger partial charge is 0.312 e. The SMILES string of the molecule is CC(=O)OCc1ccc(NC(=O)CNC(=O)C(CCCNC(N)=O)NC(=O)CCN2C(=O)C=CC2=O)cc1.CCCNC(N)=O. The number of urea groups is 2. The zero-order valence-corrected chi connectivity index (χ0v) is 25.2. The molecule has 0 fully saturated rings. The van der Waals surface area contributed by atoms with Gasteiger partial charge in [-0.2, -0.15) is 0 Å². The fourth-order valence-electron chi connectivity index (χ4n) is 3.53. The van der Waals surface area contributed by atoms with E-state index in [4.69, 9.17) is 16.2 Å². The molecule has 17 nitrogen and oxygen atoms in total. The van der Waals surface area contributed by atoms with E-state index < -0.39 is 53.6 Å². The first-order valence-electron chi connectivity index (χ1n) is 14.0. The Balaban J connectivity index is 0.00000129. The fourth-order valence-corrected chi connectivity index (χ4v) is 3.53. The first-order chi connectivity index (χ1) is 21.3. The second-order valence-electron chi connectivity index (χ2n) is 9.50. The quantitative estimate of drug-likeness (QED) is 0.0677. The van der Waals surface area contributed by atoms with Crippen molar-refractivity contribution in [3.05, 3.63) is 42.0 Å². The number of carbonyl (C=O) groups is 8. The van der Waals surface area contributed by atoms with Crippen LogP contribution in [0.2, 0.25) is 0 Å². The fraction of sp³-hybridized carbons (Fsp3) is 0.429. The van der Waals surface area contributed by atoms with E-state index >= 15 is 0 Å². The Morgan fingerprint density at radius 3 is 2.00 bits per heavy atom. The molecule has 1 aromatic rings. The molecule has 1 aromatic carbocycles. The second kappa shape index (κ2) is 20.4. The highest BCUT2D eigenvalue weighted by atomic mass is 16.5. The Hall–Kier alpha value is -5.48. The number of esters is 1. The van der Waals surface area contributed by atoms with Crippen LogP contribution in [0.4, 0.5) is 15.3 Å². The lowest BCUT2D eigenvalue weighted by atomic mass is 10.1. The average molecular weight is 633 g/mol. The highest BCUT2D eigenvalue weighted by molar-refractivity contribution is 6.13. The molecule has 0 aromatic heterocycles. The Kier molecular flexibility index (Phi) is 17.0. The number of rotatable bonds is 16. The Bertz CT molecular complexity index is 1230. The van der Waals surface area contributed by atoms with E-state index in [0.717, 1.165) is 29.0 Å². The minimum atomic E-state index is -1.05. The van der Waals surface area contributed by atoms with Gasteiger partial charge < -0.3 is 42.8 Å². The van der Waals surface area contributed by atoms with Gasteiger partial charge in [0.25, 0.3) is 11.8 Å². The number of primary amides is 2. The van der Waals surface area contributed by atoms with Crippen molar-refractivity contribution >= 4 is 53.3 Å². The monoisotopic (exact) mass is 632 g/mol. The van der Waals surface area contributed by atoms with Gasteiger partial charge in [0.1, 0.15) is 12.6 Å². The van der Waals surface area contributed by atoms with Crippen LogP contribution in [-0.2, 0) is 40.1 Å². The van der Waals surface area contributed by atoms with E-state index in [-0.39, 0.29) is 39.1 Å². The second-order valence-corrected chi connectivity index (χ2v) is 9.50. The lowest BCUT2D eigenvalue weighted by Crippen LogP contribution is -2.49. The van der Waals surface area contributed by atoms with Crippen molar-refractivity contribution in [2.24, 2.45) is 11.5 Å². The van der Waals surface area contributed by atoms with Gasteiger partial charge in [-0.05, 0) is 37.0 Å². The number of nitrogens with zero attached hydrogens (tertiary/aromatic N) is 1. The molecule has 17 heteroatoms. The number of hydrogen-bond acceptors (Lipinski definition) is 9. The van der Waals surface area contributed by atoms with E-state index in [1.165, 1.54) is 6.92 Å². The van der Waals surface area contributed by atoms with Gasteiger partial charge in [0.2, 0.25) is 17.7 Å². The summed E-state index contributed by atoms with van der Waals surface area (Å²) in [6.07, 6.45) is 3.32. The van der Waals surface area contributed by atoms with E-state index in [1.807, 2.05) is 6.92 Å². The van der Waals surface area contributed by atoms with Crippen molar-refractivity contribution < 1.29 is 43.1 Å².